The lowest BCUT2D eigenvalue weighted by Crippen LogP contribution is -2.66. The molecule has 0 heterocycles. The predicted octanol–water partition coefficient (Wildman–Crippen LogP) is 4.49. The third-order valence-electron chi connectivity index (χ3n) is 2.60. The van der Waals surface area contributed by atoms with E-state index in [9.17, 15) is 66.3 Å². The van der Waals surface area contributed by atoms with Gasteiger partial charge in [0.1, 0.15) is 0 Å². The van der Waals surface area contributed by atoms with Gasteiger partial charge in [0, 0.05) is 6.92 Å². The van der Waals surface area contributed by atoms with Gasteiger partial charge in [0.2, 0.25) is 0 Å². The van der Waals surface area contributed by atoms with E-state index in [1.807, 2.05) is 4.74 Å². The lowest BCUT2D eigenvalue weighted by atomic mass is 10.2. The number of carbonyl (C=O) groups excluding carboxylic acids is 1. The maximum absolute atomic E-state index is 13.7. The Morgan fingerprint density at radius 1 is 0.643 bits per heavy atom. The van der Waals surface area contributed by atoms with Crippen molar-refractivity contribution in [2.45, 2.75) is 49.1 Å². The second-order valence-corrected chi connectivity index (χ2v) is 4.80. The topological polar surface area (TPSA) is 44.8 Å². The van der Waals surface area contributed by atoms with E-state index in [0.717, 1.165) is 0 Å². The molecule has 0 spiro atoms. The van der Waals surface area contributed by atoms with Crippen molar-refractivity contribution < 1.29 is 80.5 Å². The Morgan fingerprint density at radius 3 is 1.29 bits per heavy atom. The molecule has 0 N–H and O–H groups in total. The highest BCUT2D eigenvalue weighted by molar-refractivity contribution is 5.78. The minimum Gasteiger partial charge on any atom is -0.465 e. The summed E-state index contributed by atoms with van der Waals surface area (Å²) in [6.45, 7) is -0.938. The number of hydrogen-bond acceptors (Lipinski definition) is 4. The molecule has 0 rings (SSSR count). The van der Waals surface area contributed by atoms with Crippen molar-refractivity contribution in [3.05, 3.63) is 0 Å². The summed E-state index contributed by atoms with van der Waals surface area (Å²) in [7, 11) is -0.112. The van der Waals surface area contributed by atoms with Gasteiger partial charge in [-0.1, -0.05) is 0 Å². The predicted molar refractivity (Wildman–Crippen MR) is 54.5 cm³/mol. The Morgan fingerprint density at radius 2 is 1.04 bits per heavy atom. The molecule has 0 aliphatic heterocycles. The first-order valence-electron chi connectivity index (χ1n) is 6.03. The van der Waals surface area contributed by atoms with Crippen LogP contribution in [0.1, 0.15) is 6.92 Å². The van der Waals surface area contributed by atoms with E-state index in [0.29, 0.717) is 0 Å². The van der Waals surface area contributed by atoms with Crippen LogP contribution >= 0.6 is 0 Å². The van der Waals surface area contributed by atoms with E-state index in [1.54, 1.807) is 4.74 Å². The number of ether oxygens (including phenoxy) is 3. The summed E-state index contributed by atoms with van der Waals surface area (Å²) >= 11 is 0. The zero-order chi connectivity index (χ0) is 23.2. The van der Waals surface area contributed by atoms with Crippen molar-refractivity contribution in [1.29, 1.82) is 0 Å². The average molecular weight is 456 g/mol. The van der Waals surface area contributed by atoms with Gasteiger partial charge in [-0.25, -0.2) is 4.79 Å². The molecule has 168 valence electrons. The van der Waals surface area contributed by atoms with Crippen LogP contribution < -0.4 is 0 Å². The van der Waals surface area contributed by atoms with Crippen molar-refractivity contribution in [3.8, 4) is 0 Å². The molecular weight excluding hydrogens is 450 g/mol. The number of methoxy groups -OCH3 is 1. The van der Waals surface area contributed by atoms with Crippen molar-refractivity contribution in [2.75, 3.05) is 7.11 Å². The van der Waals surface area contributed by atoms with Crippen LogP contribution in [0.3, 0.4) is 0 Å². The number of halogens is 14. The number of alkyl halides is 14. The molecule has 0 amide bonds. The van der Waals surface area contributed by atoms with E-state index in [2.05, 4.69) is 4.74 Å². The van der Waals surface area contributed by atoms with Gasteiger partial charge in [-0.3, -0.25) is 9.47 Å². The van der Waals surface area contributed by atoms with Crippen LogP contribution in [0.15, 0.2) is 0 Å². The second-order valence-electron chi connectivity index (χ2n) is 4.80. The average Bonchev–Trinajstić information content (AvgIpc) is 2.41. The Balaban J connectivity index is 6.49. The quantitative estimate of drug-likeness (QED) is 0.419. The van der Waals surface area contributed by atoms with E-state index < -0.39 is 55.1 Å². The number of rotatable bonds is 7. The number of hydrogen-bond donors (Lipinski definition) is 0. The molecule has 0 saturated carbocycles. The summed E-state index contributed by atoms with van der Waals surface area (Å²) in [5, 5.41) is 0. The highest BCUT2D eigenvalue weighted by Gasteiger charge is 2.83. The van der Waals surface area contributed by atoms with Crippen LogP contribution in [0.4, 0.5) is 61.5 Å². The summed E-state index contributed by atoms with van der Waals surface area (Å²) in [6.07, 6.45) is -28.7. The van der Waals surface area contributed by atoms with Gasteiger partial charge in [0.15, 0.2) is 0 Å². The van der Waals surface area contributed by atoms with E-state index in [-0.39, 0.29) is 7.11 Å². The van der Waals surface area contributed by atoms with Crippen molar-refractivity contribution in [3.63, 3.8) is 0 Å². The van der Waals surface area contributed by atoms with Gasteiger partial charge in [0.25, 0.3) is 0 Å². The molecule has 0 aromatic rings. The molecule has 0 aromatic carbocycles. The molecule has 2 atom stereocenters. The number of esters is 1. The first-order chi connectivity index (χ1) is 11.9. The molecule has 0 aromatic heterocycles. The maximum atomic E-state index is 13.7. The highest BCUT2D eigenvalue weighted by atomic mass is 19.4. The Bertz CT molecular complexity index is 578. The van der Waals surface area contributed by atoms with E-state index >= 15 is 0 Å². The molecule has 0 saturated heterocycles. The van der Waals surface area contributed by atoms with Gasteiger partial charge >= 0.3 is 48.2 Å². The van der Waals surface area contributed by atoms with Gasteiger partial charge in [-0.2, -0.15) is 61.5 Å². The van der Waals surface area contributed by atoms with Gasteiger partial charge in [0.05, 0.1) is 7.11 Å². The Kier molecular flexibility index (Phi) is 6.63. The molecular formula is C10H6F14O4. The van der Waals surface area contributed by atoms with Crippen molar-refractivity contribution >= 4 is 5.97 Å². The molecule has 0 aliphatic rings. The summed E-state index contributed by atoms with van der Waals surface area (Å²) in [5.74, 6) is -23.4. The maximum Gasteiger partial charge on any atom is 0.460 e. The van der Waals surface area contributed by atoms with Crippen LogP contribution in [0.2, 0.25) is 0 Å². The van der Waals surface area contributed by atoms with E-state index in [1.165, 1.54) is 0 Å². The minimum atomic E-state index is -7.52. The normalized spacial score (nSPS) is 19.0. The molecule has 18 heteroatoms. The van der Waals surface area contributed by atoms with Crippen molar-refractivity contribution in [2.24, 2.45) is 0 Å². The molecule has 0 bridgehead atoms. The highest BCUT2D eigenvalue weighted by Crippen LogP contribution is 2.54. The van der Waals surface area contributed by atoms with Crippen LogP contribution in [-0.2, 0) is 19.0 Å². The molecule has 0 fully saturated rings. The second kappa shape index (κ2) is 7.03. The first-order valence-corrected chi connectivity index (χ1v) is 6.03. The number of carbonyl (C=O) groups is 1. The Labute approximate surface area is 144 Å². The standard InChI is InChI=1S/C10H6F14O4/c1-4(11,12)9(21,22)28-6(14,8(18,19)20)10(23,24)27-5(13,3(25)26-2)7(15,16)17/h1-2H3. The van der Waals surface area contributed by atoms with Crippen LogP contribution in [0.5, 0.6) is 0 Å². The SMILES string of the molecule is COC(=O)C(F)(OC(F)(F)C(F)(OC(F)(F)C(C)(F)F)C(F)(F)F)C(F)(F)F. The van der Waals surface area contributed by atoms with E-state index in [4.69, 9.17) is 0 Å². The van der Waals surface area contributed by atoms with Gasteiger partial charge in [-0.15, -0.1) is 0 Å². The first kappa shape index (κ1) is 26.4. The molecule has 2 unspecified atom stereocenters. The fraction of sp³-hybridized carbons (Fsp3) is 0.900. The lowest BCUT2D eigenvalue weighted by Gasteiger charge is -2.39. The summed E-state index contributed by atoms with van der Waals surface area (Å²) in [5.41, 5.74) is 0. The molecule has 0 aliphatic carbocycles. The zero-order valence-electron chi connectivity index (χ0n) is 12.9. The van der Waals surface area contributed by atoms with Crippen LogP contribution in [0.25, 0.3) is 0 Å². The molecule has 0 radical (unpaired) electrons. The molecule has 4 nitrogen and oxygen atoms in total. The van der Waals surface area contributed by atoms with Crippen LogP contribution in [0, 0.1) is 0 Å². The summed E-state index contributed by atoms with van der Waals surface area (Å²) < 4.78 is 186. The smallest absolute Gasteiger partial charge is 0.460 e. The Hall–Kier alpha value is -1.59. The third kappa shape index (κ3) is 4.52. The fourth-order valence-corrected chi connectivity index (χ4v) is 1.14. The van der Waals surface area contributed by atoms with Gasteiger partial charge < -0.3 is 4.74 Å². The lowest BCUT2D eigenvalue weighted by molar-refractivity contribution is -0.537. The monoisotopic (exact) mass is 456 g/mol. The van der Waals surface area contributed by atoms with Crippen molar-refractivity contribution in [1.82, 2.24) is 0 Å². The van der Waals surface area contributed by atoms with Crippen LogP contribution in [-0.4, -0.2) is 55.3 Å². The largest absolute Gasteiger partial charge is 0.465 e. The summed E-state index contributed by atoms with van der Waals surface area (Å²) in [6, 6.07) is 0. The fourth-order valence-electron chi connectivity index (χ4n) is 1.14. The zero-order valence-corrected chi connectivity index (χ0v) is 12.9. The third-order valence-corrected chi connectivity index (χ3v) is 2.60. The summed E-state index contributed by atoms with van der Waals surface area (Å²) in [4.78, 5) is 10.7. The van der Waals surface area contributed by atoms with Gasteiger partial charge in [-0.05, 0) is 0 Å². The minimum absolute atomic E-state index is 0.112. The molecule has 28 heavy (non-hydrogen) atoms.